The molecule has 2 aliphatic rings. The zero-order valence-corrected chi connectivity index (χ0v) is 18.9. The Hall–Kier alpha value is -2.80. The summed E-state index contributed by atoms with van der Waals surface area (Å²) in [6.45, 7) is 3.40. The van der Waals surface area contributed by atoms with Gasteiger partial charge in [0.05, 0.1) is 18.4 Å². The molecule has 2 fully saturated rings. The number of hydrogen-bond acceptors (Lipinski definition) is 4. The van der Waals surface area contributed by atoms with Gasteiger partial charge in [-0.05, 0) is 43.2 Å². The van der Waals surface area contributed by atoms with Gasteiger partial charge in [-0.1, -0.05) is 23.7 Å². The molecule has 0 aliphatic carbocycles. The van der Waals surface area contributed by atoms with E-state index >= 15 is 0 Å². The number of carbonyl (C=O) groups excluding carboxylic acids is 2. The molecule has 2 aromatic rings. The smallest absolute Gasteiger partial charge is 0.257 e. The number of carbonyl (C=O) groups is 2. The maximum absolute atomic E-state index is 14.0. The predicted octanol–water partition coefficient (Wildman–Crippen LogP) is 3.69. The first-order valence-electron chi connectivity index (χ1n) is 10.9. The Morgan fingerprint density at radius 3 is 2.31 bits per heavy atom. The van der Waals surface area contributed by atoms with Gasteiger partial charge in [-0.3, -0.25) is 9.59 Å². The van der Waals surface area contributed by atoms with Crippen LogP contribution in [0.25, 0.3) is 0 Å². The minimum absolute atomic E-state index is 0.0969. The highest BCUT2D eigenvalue weighted by molar-refractivity contribution is 6.31. The summed E-state index contributed by atoms with van der Waals surface area (Å²) in [6, 6.07) is 11.7. The number of piperazine rings is 1. The van der Waals surface area contributed by atoms with Crippen molar-refractivity contribution in [2.24, 2.45) is 5.92 Å². The van der Waals surface area contributed by atoms with Crippen LogP contribution < -0.4 is 9.64 Å². The monoisotopic (exact) mass is 459 g/mol. The molecule has 32 heavy (non-hydrogen) atoms. The summed E-state index contributed by atoms with van der Waals surface area (Å²) in [5, 5.41) is 0.480. The average molecular weight is 460 g/mol. The van der Waals surface area contributed by atoms with Gasteiger partial charge in [0, 0.05) is 50.2 Å². The molecule has 0 unspecified atom stereocenters. The van der Waals surface area contributed by atoms with Crippen molar-refractivity contribution in [3.8, 4) is 5.75 Å². The number of halogens is 2. The van der Waals surface area contributed by atoms with Crippen LogP contribution in [0.4, 0.5) is 10.1 Å². The molecule has 0 spiro atoms. The molecular weight excluding hydrogens is 433 g/mol. The molecule has 0 N–H and O–H groups in total. The summed E-state index contributed by atoms with van der Waals surface area (Å²) in [5.74, 6) is 0.158. The summed E-state index contributed by atoms with van der Waals surface area (Å²) < 4.78 is 19.4. The number of hydrogen-bond donors (Lipinski definition) is 0. The van der Waals surface area contributed by atoms with Crippen LogP contribution >= 0.6 is 11.6 Å². The van der Waals surface area contributed by atoms with Crippen LogP contribution in [0.1, 0.15) is 23.2 Å². The van der Waals surface area contributed by atoms with Crippen molar-refractivity contribution in [3.63, 3.8) is 0 Å². The number of para-hydroxylation sites is 1. The molecule has 2 saturated heterocycles. The second-order valence-corrected chi connectivity index (χ2v) is 8.61. The summed E-state index contributed by atoms with van der Waals surface area (Å²) >= 11 is 6.06. The van der Waals surface area contributed by atoms with E-state index in [9.17, 15) is 14.0 Å². The fourth-order valence-electron chi connectivity index (χ4n) is 4.48. The van der Waals surface area contributed by atoms with E-state index < -0.39 is 0 Å². The number of nitrogens with zero attached hydrogens (tertiary/aromatic N) is 3. The van der Waals surface area contributed by atoms with Crippen molar-refractivity contribution in [2.75, 3.05) is 51.3 Å². The Bertz CT molecular complexity index is 986. The third-order valence-corrected chi connectivity index (χ3v) is 6.54. The Morgan fingerprint density at radius 1 is 0.969 bits per heavy atom. The van der Waals surface area contributed by atoms with Gasteiger partial charge in [0.15, 0.2) is 0 Å². The van der Waals surface area contributed by atoms with Gasteiger partial charge in [0.25, 0.3) is 5.91 Å². The van der Waals surface area contributed by atoms with Crippen LogP contribution in [0.5, 0.6) is 5.75 Å². The van der Waals surface area contributed by atoms with E-state index in [-0.39, 0.29) is 23.5 Å². The van der Waals surface area contributed by atoms with Gasteiger partial charge in [0.1, 0.15) is 11.6 Å². The molecule has 0 aromatic heterocycles. The molecule has 2 heterocycles. The quantitative estimate of drug-likeness (QED) is 0.699. The second-order valence-electron chi connectivity index (χ2n) is 8.17. The molecule has 0 bridgehead atoms. The molecule has 2 aliphatic heterocycles. The van der Waals surface area contributed by atoms with Crippen molar-refractivity contribution in [1.29, 1.82) is 0 Å². The molecule has 0 saturated carbocycles. The zero-order chi connectivity index (χ0) is 22.7. The van der Waals surface area contributed by atoms with Crippen LogP contribution in [0.2, 0.25) is 5.02 Å². The number of methoxy groups -OCH3 is 1. The van der Waals surface area contributed by atoms with Crippen LogP contribution in [-0.2, 0) is 4.79 Å². The Morgan fingerprint density at radius 2 is 1.66 bits per heavy atom. The first kappa shape index (κ1) is 22.4. The van der Waals surface area contributed by atoms with E-state index in [4.69, 9.17) is 16.3 Å². The highest BCUT2D eigenvalue weighted by Gasteiger charge is 2.33. The van der Waals surface area contributed by atoms with E-state index in [1.54, 1.807) is 35.2 Å². The highest BCUT2D eigenvalue weighted by Crippen LogP contribution is 2.28. The number of ether oxygens (including phenoxy) is 1. The van der Waals surface area contributed by atoms with Gasteiger partial charge in [-0.25, -0.2) is 4.39 Å². The lowest BCUT2D eigenvalue weighted by atomic mass is 9.94. The summed E-state index contributed by atoms with van der Waals surface area (Å²) in [5.41, 5.74) is 1.02. The summed E-state index contributed by atoms with van der Waals surface area (Å²) in [6.07, 6.45) is 1.25. The van der Waals surface area contributed by atoms with Crippen molar-refractivity contribution < 1.29 is 18.7 Å². The van der Waals surface area contributed by atoms with Crippen LogP contribution in [-0.4, -0.2) is 68.0 Å². The standard InChI is InChI=1S/C24H27ClFN3O3/c1-32-22-7-6-18(25)16-19(22)24(31)28-10-8-17(9-11-28)23(30)29-14-12-27(13-15-29)21-5-3-2-4-20(21)26/h2-7,16-17H,8-15H2,1H3. The predicted molar refractivity (Wildman–Crippen MR) is 122 cm³/mol. The van der Waals surface area contributed by atoms with Crippen molar-refractivity contribution in [1.82, 2.24) is 9.80 Å². The normalized spacial score (nSPS) is 17.4. The number of anilines is 1. The topological polar surface area (TPSA) is 53.1 Å². The number of rotatable bonds is 4. The maximum atomic E-state index is 14.0. The van der Waals surface area contributed by atoms with E-state index in [0.717, 1.165) is 0 Å². The molecule has 0 atom stereocenters. The first-order valence-corrected chi connectivity index (χ1v) is 11.3. The molecule has 0 radical (unpaired) electrons. The molecular formula is C24H27ClFN3O3. The molecule has 4 rings (SSSR count). The fraction of sp³-hybridized carbons (Fsp3) is 0.417. The Balaban J connectivity index is 1.31. The summed E-state index contributed by atoms with van der Waals surface area (Å²) in [7, 11) is 1.52. The lowest BCUT2D eigenvalue weighted by Gasteiger charge is -2.39. The Kier molecular flexibility index (Phi) is 6.84. The molecule has 2 aromatic carbocycles. The third kappa shape index (κ3) is 4.67. The maximum Gasteiger partial charge on any atom is 0.257 e. The minimum atomic E-state index is -0.236. The summed E-state index contributed by atoms with van der Waals surface area (Å²) in [4.78, 5) is 31.6. The van der Waals surface area contributed by atoms with Crippen LogP contribution in [0.15, 0.2) is 42.5 Å². The van der Waals surface area contributed by atoms with E-state index in [1.807, 2.05) is 15.9 Å². The number of piperidine rings is 1. The number of likely N-dealkylation sites (tertiary alicyclic amines) is 1. The van der Waals surface area contributed by atoms with Gasteiger partial charge in [-0.15, -0.1) is 0 Å². The first-order chi connectivity index (χ1) is 15.5. The molecule has 170 valence electrons. The molecule has 8 heteroatoms. The largest absolute Gasteiger partial charge is 0.496 e. The highest BCUT2D eigenvalue weighted by atomic mass is 35.5. The van der Waals surface area contributed by atoms with Crippen LogP contribution in [0.3, 0.4) is 0 Å². The number of amides is 2. The second kappa shape index (κ2) is 9.77. The van der Waals surface area contributed by atoms with Gasteiger partial charge >= 0.3 is 0 Å². The average Bonchev–Trinajstić information content (AvgIpc) is 2.83. The minimum Gasteiger partial charge on any atom is -0.496 e. The molecule has 2 amide bonds. The van der Waals surface area contributed by atoms with Crippen molar-refractivity contribution in [3.05, 3.63) is 58.9 Å². The third-order valence-electron chi connectivity index (χ3n) is 6.31. The van der Waals surface area contributed by atoms with E-state index in [2.05, 4.69) is 0 Å². The van der Waals surface area contributed by atoms with Gasteiger partial charge in [0.2, 0.25) is 5.91 Å². The van der Waals surface area contributed by atoms with Gasteiger partial charge < -0.3 is 19.4 Å². The number of benzene rings is 2. The zero-order valence-electron chi connectivity index (χ0n) is 18.1. The SMILES string of the molecule is COc1ccc(Cl)cc1C(=O)N1CCC(C(=O)N2CCN(c3ccccc3F)CC2)CC1. The lowest BCUT2D eigenvalue weighted by Crippen LogP contribution is -2.52. The van der Waals surface area contributed by atoms with Crippen molar-refractivity contribution in [2.45, 2.75) is 12.8 Å². The van der Waals surface area contributed by atoms with E-state index in [1.165, 1.54) is 13.2 Å². The van der Waals surface area contributed by atoms with Crippen molar-refractivity contribution >= 4 is 29.1 Å². The lowest BCUT2D eigenvalue weighted by molar-refractivity contribution is -0.137. The van der Waals surface area contributed by atoms with Crippen LogP contribution in [0, 0.1) is 11.7 Å². The van der Waals surface area contributed by atoms with Gasteiger partial charge in [-0.2, -0.15) is 0 Å². The Labute approximate surface area is 192 Å². The molecule has 6 nitrogen and oxygen atoms in total. The fourth-order valence-corrected chi connectivity index (χ4v) is 4.65. The van der Waals surface area contributed by atoms with E-state index in [0.29, 0.717) is 74.1 Å².